The smallest absolute Gasteiger partial charge is 0.143 e. The predicted octanol–water partition coefficient (Wildman–Crippen LogP) is 14.4. The van der Waals surface area contributed by atoms with E-state index < -0.39 is 0 Å². The van der Waals surface area contributed by atoms with Crippen molar-refractivity contribution in [2.24, 2.45) is 0 Å². The Bertz CT molecular complexity index is 2870. The Morgan fingerprint density at radius 2 is 0.873 bits per heavy atom. The quantitative estimate of drug-likeness (QED) is 0.178. The molecule has 1 nitrogen and oxygen atoms in total. The van der Waals surface area contributed by atoms with Gasteiger partial charge in [-0.25, -0.2) is 0 Å². The number of hydrogen-bond acceptors (Lipinski definition) is 1. The second-order valence-electron chi connectivity index (χ2n) is 15.4. The number of rotatable bonds is 4. The van der Waals surface area contributed by atoms with E-state index in [9.17, 15) is 0 Å². The lowest BCUT2D eigenvalue weighted by Crippen LogP contribution is -2.02. The van der Waals surface area contributed by atoms with Gasteiger partial charge in [0.15, 0.2) is 0 Å². The molecule has 262 valence electrons. The Kier molecular flexibility index (Phi) is 7.66. The minimum Gasteiger partial charge on any atom is -0.455 e. The summed E-state index contributed by atoms with van der Waals surface area (Å²) in [6.07, 6.45) is 4.29. The van der Waals surface area contributed by atoms with Crippen LogP contribution in [0.2, 0.25) is 0 Å². The lowest BCUT2D eigenvalue weighted by Gasteiger charge is -2.19. The highest BCUT2D eigenvalue weighted by molar-refractivity contribution is 6.09. The molecule has 1 heteroatoms. The van der Waals surface area contributed by atoms with Gasteiger partial charge < -0.3 is 4.42 Å². The summed E-state index contributed by atoms with van der Waals surface area (Å²) in [5.41, 5.74) is 20.7. The van der Waals surface area contributed by atoms with E-state index in [-0.39, 0.29) is 0 Å². The summed E-state index contributed by atoms with van der Waals surface area (Å²) in [6, 6.07) is 67.7. The van der Waals surface area contributed by atoms with E-state index in [1.807, 2.05) is 6.07 Å². The highest BCUT2D eigenvalue weighted by Crippen LogP contribution is 2.46. The van der Waals surface area contributed by atoms with Gasteiger partial charge in [0, 0.05) is 28.2 Å². The normalized spacial score (nSPS) is 16.1. The molecule has 0 N–H and O–H groups in total. The summed E-state index contributed by atoms with van der Waals surface area (Å²) in [4.78, 5) is 0. The van der Waals surface area contributed by atoms with Gasteiger partial charge in [0.2, 0.25) is 0 Å². The molecule has 2 unspecified atom stereocenters. The molecule has 2 atom stereocenters. The Morgan fingerprint density at radius 3 is 1.53 bits per heavy atom. The van der Waals surface area contributed by atoms with Crippen LogP contribution in [0.3, 0.4) is 0 Å². The molecule has 9 aromatic rings. The van der Waals surface area contributed by atoms with E-state index in [1.165, 1.54) is 77.7 Å². The van der Waals surface area contributed by atoms with E-state index in [4.69, 9.17) is 4.42 Å². The Labute approximate surface area is 322 Å². The molecule has 0 fully saturated rings. The van der Waals surface area contributed by atoms with Crippen LogP contribution in [0.25, 0.3) is 66.4 Å². The van der Waals surface area contributed by atoms with Gasteiger partial charge in [-0.15, -0.1) is 0 Å². The van der Waals surface area contributed by atoms with E-state index in [2.05, 4.69) is 176 Å². The number of benzene rings is 8. The van der Waals surface area contributed by atoms with E-state index >= 15 is 0 Å². The lowest BCUT2D eigenvalue weighted by molar-refractivity contribution is 0.670. The predicted molar refractivity (Wildman–Crippen MR) is 229 cm³/mol. The molecule has 1 aromatic heterocycles. The molecular weight excluding hydrogens is 665 g/mol. The topological polar surface area (TPSA) is 13.1 Å². The summed E-state index contributed by atoms with van der Waals surface area (Å²) in [5, 5.41) is 2.33. The van der Waals surface area contributed by atoms with Crippen LogP contribution in [-0.4, -0.2) is 0 Å². The SMILES string of the molecule is c1ccc(C2CCc3ccc(-c4ccc5c(c4)-c4ccccc4C(c4ccc(-c6cccc7c6oc6ccccc67)cc4)CC5)cc3-c3ccccc32)cc1. The number of furan rings is 1. The zero-order chi connectivity index (χ0) is 36.3. The molecule has 0 amide bonds. The number of aryl methyl sites for hydroxylation is 2. The van der Waals surface area contributed by atoms with E-state index in [0.29, 0.717) is 11.8 Å². The maximum Gasteiger partial charge on any atom is 0.143 e. The van der Waals surface area contributed by atoms with Gasteiger partial charge in [-0.05, 0) is 116 Å². The van der Waals surface area contributed by atoms with Crippen LogP contribution in [0.5, 0.6) is 0 Å². The minimum atomic E-state index is 0.310. The van der Waals surface area contributed by atoms with Gasteiger partial charge in [-0.1, -0.05) is 164 Å². The van der Waals surface area contributed by atoms with Crippen molar-refractivity contribution < 1.29 is 4.42 Å². The molecule has 2 aliphatic rings. The molecule has 0 saturated carbocycles. The average molecular weight is 705 g/mol. The zero-order valence-electron chi connectivity index (χ0n) is 30.7. The Balaban J connectivity index is 0.943. The lowest BCUT2D eigenvalue weighted by atomic mass is 9.85. The van der Waals surface area contributed by atoms with Crippen molar-refractivity contribution in [3.05, 3.63) is 215 Å². The van der Waals surface area contributed by atoms with E-state index in [1.54, 1.807) is 0 Å². The average Bonchev–Trinajstić information content (AvgIpc) is 3.45. The summed E-state index contributed by atoms with van der Waals surface area (Å²) in [6.45, 7) is 0. The van der Waals surface area contributed by atoms with Gasteiger partial charge in [-0.2, -0.15) is 0 Å². The highest BCUT2D eigenvalue weighted by Gasteiger charge is 2.26. The van der Waals surface area contributed by atoms with Crippen LogP contribution >= 0.6 is 0 Å². The summed E-state index contributed by atoms with van der Waals surface area (Å²) in [5.74, 6) is 0.706. The first-order chi connectivity index (χ1) is 27.3. The van der Waals surface area contributed by atoms with Crippen molar-refractivity contribution in [1.82, 2.24) is 0 Å². The van der Waals surface area contributed by atoms with Crippen molar-refractivity contribution in [3.63, 3.8) is 0 Å². The molecule has 8 aromatic carbocycles. The van der Waals surface area contributed by atoms with Crippen LogP contribution < -0.4 is 0 Å². The summed E-state index contributed by atoms with van der Waals surface area (Å²) < 4.78 is 6.39. The third-order valence-corrected chi connectivity index (χ3v) is 12.4. The van der Waals surface area contributed by atoms with Crippen LogP contribution in [0.4, 0.5) is 0 Å². The van der Waals surface area contributed by atoms with Crippen LogP contribution in [-0.2, 0) is 12.8 Å². The fraction of sp³-hybridized carbons (Fsp3) is 0.111. The van der Waals surface area contributed by atoms with Gasteiger partial charge in [0.05, 0.1) is 0 Å². The van der Waals surface area contributed by atoms with Crippen molar-refractivity contribution in [2.45, 2.75) is 37.5 Å². The maximum atomic E-state index is 6.39. The van der Waals surface area contributed by atoms with Gasteiger partial charge in [0.1, 0.15) is 11.2 Å². The second-order valence-corrected chi connectivity index (χ2v) is 15.4. The largest absolute Gasteiger partial charge is 0.455 e. The maximum absolute atomic E-state index is 6.39. The van der Waals surface area contributed by atoms with Crippen molar-refractivity contribution >= 4 is 21.9 Å². The number of hydrogen-bond donors (Lipinski definition) is 0. The number of para-hydroxylation sites is 2. The van der Waals surface area contributed by atoms with E-state index in [0.717, 1.165) is 47.8 Å². The molecule has 11 rings (SSSR count). The van der Waals surface area contributed by atoms with Gasteiger partial charge >= 0.3 is 0 Å². The molecule has 0 saturated heterocycles. The molecule has 0 aliphatic heterocycles. The van der Waals surface area contributed by atoms with Crippen molar-refractivity contribution in [1.29, 1.82) is 0 Å². The number of fused-ring (bicyclic) bond motifs is 9. The minimum absolute atomic E-state index is 0.310. The second kappa shape index (κ2) is 13.1. The first-order valence-corrected chi connectivity index (χ1v) is 19.8. The monoisotopic (exact) mass is 704 g/mol. The third-order valence-electron chi connectivity index (χ3n) is 12.4. The summed E-state index contributed by atoms with van der Waals surface area (Å²) in [7, 11) is 0. The van der Waals surface area contributed by atoms with Gasteiger partial charge in [-0.3, -0.25) is 0 Å². The standard InChI is InChI=1S/C54H40O/c1-2-11-35(12-3-1)42-31-29-38-25-27-40(33-51(38)47-15-6-4-13-45(42)47)41-28-26-39-30-32-43(46-14-5-7-16-48(46)52(39)34-41)36-21-23-37(24-22-36)44-18-10-19-50-49-17-8-9-20-53(49)55-54(44)50/h1-28,33-34,42-43H,29-32H2. The zero-order valence-corrected chi connectivity index (χ0v) is 30.7. The van der Waals surface area contributed by atoms with Crippen molar-refractivity contribution in [3.8, 4) is 44.5 Å². The van der Waals surface area contributed by atoms with Crippen LogP contribution in [0.15, 0.2) is 186 Å². The van der Waals surface area contributed by atoms with Crippen molar-refractivity contribution in [2.75, 3.05) is 0 Å². The third kappa shape index (κ3) is 5.45. The highest BCUT2D eigenvalue weighted by atomic mass is 16.3. The molecule has 2 aliphatic carbocycles. The van der Waals surface area contributed by atoms with Crippen LogP contribution in [0, 0.1) is 0 Å². The first-order valence-electron chi connectivity index (χ1n) is 19.8. The fourth-order valence-corrected chi connectivity index (χ4v) is 9.70. The van der Waals surface area contributed by atoms with Crippen LogP contribution in [0.1, 0.15) is 58.1 Å². The Hall–Kier alpha value is -6.44. The summed E-state index contributed by atoms with van der Waals surface area (Å²) >= 11 is 0. The molecule has 0 spiro atoms. The fourth-order valence-electron chi connectivity index (χ4n) is 9.70. The Morgan fingerprint density at radius 1 is 0.364 bits per heavy atom. The molecular formula is C54H40O. The first kappa shape index (κ1) is 32.0. The molecule has 55 heavy (non-hydrogen) atoms. The molecule has 0 bridgehead atoms. The van der Waals surface area contributed by atoms with Gasteiger partial charge in [0.25, 0.3) is 0 Å². The molecule has 1 heterocycles. The molecule has 0 radical (unpaired) electrons.